The molecule has 0 amide bonds. The quantitative estimate of drug-likeness (QED) is 0.159. The van der Waals surface area contributed by atoms with Gasteiger partial charge in [0.25, 0.3) is 5.69 Å². The Hall–Kier alpha value is -2.00. The Morgan fingerprint density at radius 2 is 1.38 bits per heavy atom. The van der Waals surface area contributed by atoms with Crippen LogP contribution in [0.3, 0.4) is 0 Å². The summed E-state index contributed by atoms with van der Waals surface area (Å²) >= 11 is 1.18. The summed E-state index contributed by atoms with van der Waals surface area (Å²) in [4.78, 5) is 11.3. The van der Waals surface area contributed by atoms with Crippen molar-refractivity contribution in [3.05, 3.63) is 64.2 Å². The van der Waals surface area contributed by atoms with Crippen molar-refractivity contribution in [1.82, 2.24) is 0 Å². The number of nitro groups is 1. The van der Waals surface area contributed by atoms with Crippen LogP contribution in [-0.2, 0) is 18.2 Å². The Bertz CT molecular complexity index is 740. The second-order valence-electron chi connectivity index (χ2n) is 5.03. The van der Waals surface area contributed by atoms with Gasteiger partial charge in [0.05, 0.1) is 4.92 Å². The second-order valence-corrected chi connectivity index (χ2v) is 8.23. The Morgan fingerprint density at radius 1 is 0.923 bits per heavy atom. The van der Waals surface area contributed by atoms with Crippen LogP contribution in [0.4, 0.5) is 30.9 Å². The van der Waals surface area contributed by atoms with Crippen molar-refractivity contribution in [3.63, 3.8) is 0 Å². The van der Waals surface area contributed by atoms with Gasteiger partial charge in [-0.05, 0) is 29.8 Å². The van der Waals surface area contributed by atoms with E-state index in [1.807, 2.05) is 12.1 Å². The van der Waals surface area contributed by atoms with Crippen molar-refractivity contribution in [2.45, 2.75) is 11.3 Å². The molecule has 0 unspecified atom stereocenters. The van der Waals surface area contributed by atoms with Gasteiger partial charge in [0.1, 0.15) is 11.5 Å². The molecule has 0 fully saturated rings. The van der Waals surface area contributed by atoms with Gasteiger partial charge in [0, 0.05) is 30.3 Å². The normalized spacial score (nSPS) is 13.8. The molecule has 0 atom stereocenters. The number of hydrogen-bond donors (Lipinski definition) is 1. The summed E-state index contributed by atoms with van der Waals surface area (Å²) in [5.41, 5.74) is 1.22. The molecule has 0 aliphatic carbocycles. The first kappa shape index (κ1) is 22.0. The van der Waals surface area contributed by atoms with Gasteiger partial charge in [-0.15, -0.1) is 0 Å². The molecule has 146 valence electrons. The number of hydrogen-bond acceptors (Lipinski definition) is 3. The molecule has 0 aromatic heterocycles. The van der Waals surface area contributed by atoms with Crippen LogP contribution in [0.15, 0.2) is 53.4 Å². The molecular formula is C14H14F6NO3PS. The van der Waals surface area contributed by atoms with E-state index in [2.05, 4.69) is 0 Å². The number of nitrogens with zero attached hydrogens (tertiary/aromatic N) is 1. The van der Waals surface area contributed by atoms with Gasteiger partial charge in [-0.3, -0.25) is 10.1 Å². The molecule has 0 bridgehead atoms. The van der Waals surface area contributed by atoms with Crippen LogP contribution < -0.4 is 0 Å². The third kappa shape index (κ3) is 12.4. The fourth-order valence-electron chi connectivity index (χ4n) is 1.66. The van der Waals surface area contributed by atoms with Crippen molar-refractivity contribution in [2.24, 2.45) is 0 Å². The van der Waals surface area contributed by atoms with E-state index in [4.69, 9.17) is 0 Å². The van der Waals surface area contributed by atoms with E-state index in [1.165, 1.54) is 23.9 Å². The van der Waals surface area contributed by atoms with Crippen LogP contribution >= 0.6 is 7.81 Å². The molecule has 0 radical (unpaired) electrons. The molecule has 0 saturated carbocycles. The molecule has 0 spiro atoms. The molecular weight excluding hydrogens is 407 g/mol. The van der Waals surface area contributed by atoms with Gasteiger partial charge in [-0.1, -0.05) is 12.1 Å². The maximum absolute atomic E-state index is 10.7. The minimum atomic E-state index is -10.7. The van der Waals surface area contributed by atoms with E-state index in [9.17, 15) is 40.4 Å². The molecule has 2 rings (SSSR count). The van der Waals surface area contributed by atoms with Crippen LogP contribution in [-0.4, -0.2) is 15.8 Å². The second kappa shape index (κ2) is 7.32. The molecule has 0 saturated heterocycles. The number of phenolic OH excluding ortho intramolecular Hbond substituents is 1. The van der Waals surface area contributed by atoms with E-state index >= 15 is 0 Å². The van der Waals surface area contributed by atoms with Gasteiger partial charge in [0.2, 0.25) is 0 Å². The summed E-state index contributed by atoms with van der Waals surface area (Å²) in [6.07, 6.45) is 0.875. The Morgan fingerprint density at radius 3 is 1.81 bits per heavy atom. The molecule has 2 aromatic carbocycles. The van der Waals surface area contributed by atoms with Crippen LogP contribution in [0.25, 0.3) is 0 Å². The predicted octanol–water partition coefficient (Wildman–Crippen LogP) is 6.10. The summed E-state index contributed by atoms with van der Waals surface area (Å²) < 4.78 is 59.2. The fourth-order valence-corrected chi connectivity index (χ4v) is 2.64. The van der Waals surface area contributed by atoms with Crippen molar-refractivity contribution in [1.29, 1.82) is 0 Å². The molecule has 1 N–H and O–H groups in total. The first-order valence-corrected chi connectivity index (χ1v) is 9.97. The van der Waals surface area contributed by atoms with Crippen LogP contribution in [0.1, 0.15) is 5.56 Å². The SMILES string of the molecule is F[P-](F)(F)(F)(F)F.O=[N+]([O-])c1ccc(CC[SH+]c2ccc(O)cc2)cc1. The molecule has 4 nitrogen and oxygen atoms in total. The monoisotopic (exact) mass is 421 g/mol. The minimum Gasteiger partial charge on any atom is -0.508 e. The largest absolute Gasteiger partial charge is 0.508 e. The molecule has 26 heavy (non-hydrogen) atoms. The van der Waals surface area contributed by atoms with Crippen molar-refractivity contribution in [2.75, 3.05) is 5.75 Å². The number of aromatic hydroxyl groups is 1. The minimum absolute atomic E-state index is 0.125. The third-order valence-corrected chi connectivity index (χ3v) is 3.80. The van der Waals surface area contributed by atoms with Gasteiger partial charge < -0.3 is 5.11 Å². The molecule has 2 aromatic rings. The van der Waals surface area contributed by atoms with Crippen molar-refractivity contribution in [3.8, 4) is 5.75 Å². The van der Waals surface area contributed by atoms with Crippen molar-refractivity contribution >= 4 is 25.3 Å². The first-order valence-electron chi connectivity index (χ1n) is 6.86. The predicted molar refractivity (Wildman–Crippen MR) is 90.4 cm³/mol. The van der Waals surface area contributed by atoms with Crippen molar-refractivity contribution < 1.29 is 35.2 Å². The van der Waals surface area contributed by atoms with Crippen LogP contribution in [0.5, 0.6) is 5.75 Å². The topological polar surface area (TPSA) is 63.4 Å². The maximum Gasteiger partial charge on any atom is 0.269 e. The molecule has 12 heteroatoms. The first-order chi connectivity index (χ1) is 11.6. The summed E-state index contributed by atoms with van der Waals surface area (Å²) in [7, 11) is -10.7. The van der Waals surface area contributed by atoms with Gasteiger partial charge >= 0.3 is 33.0 Å². The fraction of sp³-hybridized carbons (Fsp3) is 0.143. The van der Waals surface area contributed by atoms with E-state index in [0.717, 1.165) is 22.6 Å². The van der Waals surface area contributed by atoms with Crippen LogP contribution in [0.2, 0.25) is 0 Å². The zero-order chi connectivity index (χ0) is 20.1. The number of benzene rings is 2. The maximum atomic E-state index is 10.5. The van der Waals surface area contributed by atoms with E-state index in [0.29, 0.717) is 0 Å². The van der Waals surface area contributed by atoms with E-state index < -0.39 is 12.7 Å². The number of thiol groups is 1. The number of non-ortho nitro benzene ring substituents is 1. The zero-order valence-electron chi connectivity index (χ0n) is 12.9. The summed E-state index contributed by atoms with van der Waals surface area (Å²) in [6, 6.07) is 13.8. The van der Waals surface area contributed by atoms with E-state index in [1.54, 1.807) is 24.3 Å². The zero-order valence-corrected chi connectivity index (χ0v) is 14.7. The Balaban J connectivity index is 0.000000412. The summed E-state index contributed by atoms with van der Waals surface area (Å²) in [5.74, 6) is 1.22. The number of rotatable bonds is 5. The number of phenols is 1. The Labute approximate surface area is 148 Å². The molecule has 0 aliphatic rings. The number of nitro benzene ring substituents is 1. The van der Waals surface area contributed by atoms with Gasteiger partial charge in [-0.2, -0.15) is 0 Å². The molecule has 0 aliphatic heterocycles. The molecule has 0 heterocycles. The number of halogens is 6. The third-order valence-electron chi connectivity index (χ3n) is 2.69. The van der Waals surface area contributed by atoms with Gasteiger partial charge in [-0.25, -0.2) is 0 Å². The number of aryl methyl sites for hydroxylation is 1. The summed E-state index contributed by atoms with van der Waals surface area (Å²) in [5, 5.41) is 19.7. The standard InChI is InChI=1S/C14H13NO3S.F6P/c16-13-5-7-14(8-6-13)19-10-9-11-1-3-12(4-2-11)15(17)18;1-7(2,3,4,5)6/h1-8,16H,9-10H2;/q;-1/p+1. The average molecular weight is 421 g/mol. The van der Waals surface area contributed by atoms with Gasteiger partial charge in [0.15, 0.2) is 4.90 Å². The Kier molecular flexibility index (Phi) is 6.20. The average Bonchev–Trinajstić information content (AvgIpc) is 2.47. The summed E-state index contributed by atoms with van der Waals surface area (Å²) in [6.45, 7) is 0. The van der Waals surface area contributed by atoms with E-state index in [-0.39, 0.29) is 11.4 Å². The smallest absolute Gasteiger partial charge is 0.269 e. The van der Waals surface area contributed by atoms with Crippen LogP contribution in [0, 0.1) is 10.1 Å².